The van der Waals surface area contributed by atoms with Gasteiger partial charge in [0.1, 0.15) is 0 Å². The van der Waals surface area contributed by atoms with Crippen LogP contribution in [0.5, 0.6) is 0 Å². The Morgan fingerprint density at radius 3 is 2.25 bits per heavy atom. The lowest BCUT2D eigenvalue weighted by molar-refractivity contribution is 0.160. The van der Waals surface area contributed by atoms with E-state index in [1.165, 1.54) is 6.07 Å². The molecule has 1 aromatic rings. The zero-order valence-corrected chi connectivity index (χ0v) is 13.6. The van der Waals surface area contributed by atoms with E-state index < -0.39 is 0 Å². The number of hydrogen-bond donors (Lipinski definition) is 2. The molecule has 1 atom stereocenters. The Kier molecular flexibility index (Phi) is 7.58. The Morgan fingerprint density at radius 2 is 1.80 bits per heavy atom. The van der Waals surface area contributed by atoms with Crippen molar-refractivity contribution in [2.24, 2.45) is 11.3 Å². The third-order valence-corrected chi connectivity index (χ3v) is 2.74. The van der Waals surface area contributed by atoms with Gasteiger partial charge in [-0.3, -0.25) is 4.79 Å². The molecule has 0 saturated carbocycles. The van der Waals surface area contributed by atoms with Crippen LogP contribution in [0.2, 0.25) is 0 Å². The first kappa shape index (κ1) is 18.7. The van der Waals surface area contributed by atoms with E-state index in [1.54, 1.807) is 6.92 Å². The van der Waals surface area contributed by atoms with Crippen molar-refractivity contribution >= 4 is 0 Å². The highest BCUT2D eigenvalue weighted by Gasteiger charge is 2.17. The summed E-state index contributed by atoms with van der Waals surface area (Å²) < 4.78 is 0.770. The lowest BCUT2D eigenvalue weighted by atomic mass is 9.83. The van der Waals surface area contributed by atoms with Gasteiger partial charge in [0.05, 0.1) is 5.69 Å². The molecule has 0 aliphatic carbocycles. The molecule has 0 radical (unpaired) electrons. The summed E-state index contributed by atoms with van der Waals surface area (Å²) in [6.45, 7) is 12.6. The predicted octanol–water partition coefficient (Wildman–Crippen LogP) is 3.01. The monoisotopic (exact) mass is 283 g/mol. The molecule has 1 heterocycles. The third-order valence-electron chi connectivity index (χ3n) is 2.74. The normalized spacial score (nSPS) is 12.6. The molecule has 1 unspecified atom stereocenters. The topological polar surface area (TPSA) is 62.5 Å². The van der Waals surface area contributed by atoms with Crippen LogP contribution in [-0.2, 0) is 6.42 Å². The second-order valence-electron chi connectivity index (χ2n) is 6.56. The van der Waals surface area contributed by atoms with E-state index in [1.807, 2.05) is 13.0 Å². The fourth-order valence-electron chi connectivity index (χ4n) is 2.38. The highest BCUT2D eigenvalue weighted by molar-refractivity contribution is 5.15. The zero-order chi connectivity index (χ0) is 15.9. The van der Waals surface area contributed by atoms with Crippen LogP contribution in [0.25, 0.3) is 0 Å². The number of pyridine rings is 1. The van der Waals surface area contributed by atoms with Gasteiger partial charge >= 0.3 is 0 Å². The van der Waals surface area contributed by atoms with Crippen molar-refractivity contribution in [1.29, 1.82) is 0 Å². The van der Waals surface area contributed by atoms with Gasteiger partial charge in [0.25, 0.3) is 5.56 Å². The molecule has 0 fully saturated rings. The number of aliphatic hydroxyl groups excluding tert-OH is 1. The number of aromatic nitrogens is 1. The van der Waals surface area contributed by atoms with Gasteiger partial charge in [0.2, 0.25) is 0 Å². The van der Waals surface area contributed by atoms with E-state index in [9.17, 15) is 10.0 Å². The van der Waals surface area contributed by atoms with Crippen LogP contribution in [0.1, 0.15) is 52.3 Å². The molecule has 4 nitrogen and oxygen atoms in total. The Morgan fingerprint density at radius 1 is 1.30 bits per heavy atom. The van der Waals surface area contributed by atoms with Crippen molar-refractivity contribution in [2.75, 3.05) is 6.61 Å². The van der Waals surface area contributed by atoms with E-state index in [0.29, 0.717) is 11.6 Å². The molecule has 0 bridgehead atoms. The molecular weight excluding hydrogens is 254 g/mol. The number of rotatable bonds is 3. The summed E-state index contributed by atoms with van der Waals surface area (Å²) in [6, 6.07) is 3.32. The van der Waals surface area contributed by atoms with E-state index in [-0.39, 0.29) is 17.6 Å². The van der Waals surface area contributed by atoms with E-state index >= 15 is 0 Å². The Bertz CT molecular complexity index is 458. The Hall–Kier alpha value is -1.29. The maximum absolute atomic E-state index is 11.4. The summed E-state index contributed by atoms with van der Waals surface area (Å²) in [5.41, 5.74) is 1.53. The molecule has 0 aliphatic heterocycles. The van der Waals surface area contributed by atoms with Crippen LogP contribution in [0.3, 0.4) is 0 Å². The summed E-state index contributed by atoms with van der Waals surface area (Å²) >= 11 is 0. The molecule has 2 N–H and O–H groups in total. The minimum Gasteiger partial charge on any atom is -0.425 e. The van der Waals surface area contributed by atoms with Crippen molar-refractivity contribution in [3.8, 4) is 0 Å². The Labute approximate surface area is 122 Å². The van der Waals surface area contributed by atoms with E-state index in [0.717, 1.165) is 23.1 Å². The number of nitrogens with zero attached hydrogens (tertiary/aromatic N) is 1. The largest absolute Gasteiger partial charge is 0.425 e. The Balaban J connectivity index is 0.00000110. The fraction of sp³-hybridized carbons (Fsp3) is 0.688. The third kappa shape index (κ3) is 7.34. The maximum atomic E-state index is 11.4. The summed E-state index contributed by atoms with van der Waals surface area (Å²) in [7, 11) is 0. The van der Waals surface area contributed by atoms with Crippen LogP contribution in [0.15, 0.2) is 16.9 Å². The molecule has 0 saturated heterocycles. The van der Waals surface area contributed by atoms with Crippen molar-refractivity contribution in [3.05, 3.63) is 33.7 Å². The van der Waals surface area contributed by atoms with E-state index in [2.05, 4.69) is 27.7 Å². The SMILES string of the molecule is CCO.Cc1cc(CC(C)CC(C)(C)C)n(O)c(=O)c1. The number of hydrogen-bond acceptors (Lipinski definition) is 3. The predicted molar refractivity (Wildman–Crippen MR) is 82.3 cm³/mol. The van der Waals surface area contributed by atoms with Crippen molar-refractivity contribution in [3.63, 3.8) is 0 Å². The highest BCUT2D eigenvalue weighted by Crippen LogP contribution is 2.26. The second kappa shape index (κ2) is 8.10. The van der Waals surface area contributed by atoms with Gasteiger partial charge in [-0.25, -0.2) is 0 Å². The van der Waals surface area contributed by atoms with Crippen LogP contribution in [0.4, 0.5) is 0 Å². The zero-order valence-electron chi connectivity index (χ0n) is 13.6. The standard InChI is InChI=1S/C14H23NO2.C2H6O/c1-10-6-12(15(17)13(16)8-10)7-11(2)9-14(3,4)5;1-2-3/h6,8,11,17H,7,9H2,1-5H3;3H,2H2,1H3. The highest BCUT2D eigenvalue weighted by atomic mass is 16.5. The summed E-state index contributed by atoms with van der Waals surface area (Å²) in [5, 5.41) is 17.2. The van der Waals surface area contributed by atoms with Gasteiger partial charge in [-0.05, 0) is 49.7 Å². The average molecular weight is 283 g/mol. The summed E-state index contributed by atoms with van der Waals surface area (Å²) in [5.74, 6) is 0.439. The molecule has 1 aromatic heterocycles. The van der Waals surface area contributed by atoms with Gasteiger partial charge in [0.15, 0.2) is 0 Å². The van der Waals surface area contributed by atoms with Crippen LogP contribution >= 0.6 is 0 Å². The fourth-order valence-corrected chi connectivity index (χ4v) is 2.38. The number of aryl methyl sites for hydroxylation is 1. The molecule has 1 rings (SSSR count). The number of aliphatic hydroxyl groups is 1. The van der Waals surface area contributed by atoms with Crippen LogP contribution < -0.4 is 5.56 Å². The lowest BCUT2D eigenvalue weighted by Crippen LogP contribution is -2.23. The molecule has 4 heteroatoms. The first-order valence-corrected chi connectivity index (χ1v) is 7.13. The minimum absolute atomic E-state index is 0.250. The molecule has 116 valence electrons. The molecule has 0 aliphatic rings. The van der Waals surface area contributed by atoms with Crippen molar-refractivity contribution < 1.29 is 10.3 Å². The van der Waals surface area contributed by atoms with Crippen molar-refractivity contribution in [1.82, 2.24) is 4.73 Å². The second-order valence-corrected chi connectivity index (χ2v) is 6.56. The summed E-state index contributed by atoms with van der Waals surface area (Å²) in [4.78, 5) is 11.4. The first-order chi connectivity index (χ1) is 9.10. The quantitative estimate of drug-likeness (QED) is 0.838. The van der Waals surface area contributed by atoms with Crippen molar-refractivity contribution in [2.45, 2.75) is 54.4 Å². The molecule has 20 heavy (non-hydrogen) atoms. The van der Waals surface area contributed by atoms with Gasteiger partial charge in [-0.2, -0.15) is 4.73 Å². The average Bonchev–Trinajstić information content (AvgIpc) is 2.23. The minimum atomic E-state index is -0.344. The summed E-state index contributed by atoms with van der Waals surface area (Å²) in [6.07, 6.45) is 1.79. The molecule has 0 spiro atoms. The molecular formula is C16H29NO3. The van der Waals surface area contributed by atoms with Gasteiger partial charge in [0, 0.05) is 12.7 Å². The van der Waals surface area contributed by atoms with Gasteiger partial charge in [-0.1, -0.05) is 27.7 Å². The van der Waals surface area contributed by atoms with Crippen LogP contribution in [-0.4, -0.2) is 21.7 Å². The van der Waals surface area contributed by atoms with Gasteiger partial charge < -0.3 is 10.3 Å². The first-order valence-electron chi connectivity index (χ1n) is 7.13. The maximum Gasteiger partial charge on any atom is 0.283 e. The van der Waals surface area contributed by atoms with Gasteiger partial charge in [-0.15, -0.1) is 0 Å². The molecule has 0 amide bonds. The smallest absolute Gasteiger partial charge is 0.283 e. The van der Waals surface area contributed by atoms with E-state index in [4.69, 9.17) is 5.11 Å². The molecule has 0 aromatic carbocycles. The lowest BCUT2D eigenvalue weighted by Gasteiger charge is -2.23. The van der Waals surface area contributed by atoms with Crippen LogP contribution in [0, 0.1) is 18.3 Å².